The Morgan fingerprint density at radius 1 is 1.09 bits per heavy atom. The van der Waals surface area contributed by atoms with Crippen molar-refractivity contribution in [3.63, 3.8) is 0 Å². The number of nitrogens with zero attached hydrogens (tertiary/aromatic N) is 2. The largest absolute Gasteiger partial charge is 0.573 e. The van der Waals surface area contributed by atoms with Gasteiger partial charge in [-0.15, -0.1) is 13.2 Å². The lowest BCUT2D eigenvalue weighted by molar-refractivity contribution is -0.275. The normalized spacial score (nSPS) is 16.0. The van der Waals surface area contributed by atoms with Crippen LogP contribution in [0.1, 0.15) is 18.4 Å². The molecule has 0 radical (unpaired) electrons. The lowest BCUT2D eigenvalue weighted by Crippen LogP contribution is -2.43. The Morgan fingerprint density at radius 3 is 2.31 bits per heavy atom. The molecule has 0 unspecified atom stereocenters. The number of sulfonamides is 1. The number of hydrogen-bond acceptors (Lipinski definition) is 4. The summed E-state index contributed by atoms with van der Waals surface area (Å²) in [4.78, 5) is 13.7. The first-order valence-electron chi connectivity index (χ1n) is 9.82. The van der Waals surface area contributed by atoms with Gasteiger partial charge in [-0.25, -0.2) is 12.8 Å². The predicted molar refractivity (Wildman–Crippen MR) is 107 cm³/mol. The molecule has 6 nitrogen and oxygen atoms in total. The Balaban J connectivity index is 1.63. The van der Waals surface area contributed by atoms with Gasteiger partial charge in [-0.1, -0.05) is 30.3 Å². The van der Waals surface area contributed by atoms with E-state index in [1.807, 2.05) is 0 Å². The van der Waals surface area contributed by atoms with Crippen LogP contribution < -0.4 is 4.74 Å². The lowest BCUT2D eigenvalue weighted by atomic mass is 9.96. The van der Waals surface area contributed by atoms with Crippen LogP contribution in [0.25, 0.3) is 0 Å². The fraction of sp³-hybridized carbons (Fsp3) is 0.381. The number of piperidine rings is 1. The first kappa shape index (κ1) is 24.0. The van der Waals surface area contributed by atoms with Crippen LogP contribution in [0.2, 0.25) is 0 Å². The van der Waals surface area contributed by atoms with Crippen LogP contribution in [-0.4, -0.2) is 50.0 Å². The molecule has 2 aromatic rings. The van der Waals surface area contributed by atoms with Gasteiger partial charge in [-0.05, 0) is 31.0 Å². The number of ether oxygens (including phenoxy) is 1. The summed E-state index contributed by atoms with van der Waals surface area (Å²) >= 11 is 0. The van der Waals surface area contributed by atoms with Crippen molar-refractivity contribution in [3.8, 4) is 5.75 Å². The molecule has 3 rings (SSSR count). The fourth-order valence-corrected chi connectivity index (χ4v) is 5.17. The van der Waals surface area contributed by atoms with Gasteiger partial charge < -0.3 is 9.64 Å². The highest BCUT2D eigenvalue weighted by atomic mass is 32.2. The number of halogens is 4. The highest BCUT2D eigenvalue weighted by Gasteiger charge is 2.35. The summed E-state index contributed by atoms with van der Waals surface area (Å²) in [6.45, 7) is -0.0256. The second-order valence-corrected chi connectivity index (χ2v) is 9.36. The number of para-hydroxylation sites is 1. The zero-order valence-corrected chi connectivity index (χ0v) is 18.0. The van der Waals surface area contributed by atoms with Gasteiger partial charge >= 0.3 is 6.36 Å². The Hall–Kier alpha value is -2.66. The minimum absolute atomic E-state index is 0.0364. The molecule has 1 aliphatic rings. The van der Waals surface area contributed by atoms with Crippen LogP contribution in [0.15, 0.2) is 53.4 Å². The summed E-state index contributed by atoms with van der Waals surface area (Å²) < 4.78 is 82.3. The average molecular weight is 474 g/mol. The van der Waals surface area contributed by atoms with E-state index in [1.54, 1.807) is 6.07 Å². The van der Waals surface area contributed by atoms with Crippen LogP contribution in [0.5, 0.6) is 5.75 Å². The van der Waals surface area contributed by atoms with E-state index < -0.39 is 33.0 Å². The van der Waals surface area contributed by atoms with Crippen molar-refractivity contribution in [2.45, 2.75) is 30.6 Å². The minimum atomic E-state index is -4.85. The van der Waals surface area contributed by atoms with Crippen molar-refractivity contribution in [2.24, 2.45) is 5.92 Å². The molecule has 1 heterocycles. The molecule has 1 fully saturated rings. The van der Waals surface area contributed by atoms with Crippen molar-refractivity contribution in [2.75, 3.05) is 20.1 Å². The first-order valence-corrected chi connectivity index (χ1v) is 11.3. The monoisotopic (exact) mass is 474 g/mol. The van der Waals surface area contributed by atoms with Crippen LogP contribution in [0.3, 0.4) is 0 Å². The quantitative estimate of drug-likeness (QED) is 0.598. The van der Waals surface area contributed by atoms with Crippen molar-refractivity contribution < 1.29 is 35.5 Å². The van der Waals surface area contributed by atoms with E-state index in [1.165, 1.54) is 48.3 Å². The molecule has 1 saturated heterocycles. The highest BCUT2D eigenvalue weighted by Crippen LogP contribution is 2.29. The highest BCUT2D eigenvalue weighted by molar-refractivity contribution is 7.89. The van der Waals surface area contributed by atoms with Gasteiger partial charge in [0, 0.05) is 38.2 Å². The molecular formula is C21H22F4N2O4S. The third-order valence-corrected chi connectivity index (χ3v) is 7.17. The Labute approximate surface area is 183 Å². The van der Waals surface area contributed by atoms with E-state index in [9.17, 15) is 30.8 Å². The summed E-state index contributed by atoms with van der Waals surface area (Å²) in [6.07, 6.45) is -4.41. The maximum atomic E-state index is 13.9. The van der Waals surface area contributed by atoms with E-state index >= 15 is 0 Å². The van der Waals surface area contributed by atoms with Gasteiger partial charge in [0.15, 0.2) is 0 Å². The van der Waals surface area contributed by atoms with Gasteiger partial charge in [-0.3, -0.25) is 4.79 Å². The molecule has 174 valence electrons. The molecule has 0 aromatic heterocycles. The summed E-state index contributed by atoms with van der Waals surface area (Å²) in [6, 6.07) is 10.6. The smallest absolute Gasteiger partial charge is 0.405 e. The topological polar surface area (TPSA) is 66.9 Å². The SMILES string of the molecule is CN(Cc1ccccc1OC(F)(F)F)C(=O)C1CCN(S(=O)(=O)c2ccccc2F)CC1. The summed E-state index contributed by atoms with van der Waals surface area (Å²) in [7, 11) is -2.56. The van der Waals surface area contributed by atoms with E-state index in [2.05, 4.69) is 4.74 Å². The molecule has 11 heteroatoms. The number of hydrogen-bond donors (Lipinski definition) is 0. The van der Waals surface area contributed by atoms with Gasteiger partial charge in [0.1, 0.15) is 16.5 Å². The number of benzene rings is 2. The van der Waals surface area contributed by atoms with Gasteiger partial charge in [0.05, 0.1) is 0 Å². The molecular weight excluding hydrogens is 452 g/mol. The van der Waals surface area contributed by atoms with Gasteiger partial charge in [0.25, 0.3) is 0 Å². The molecule has 0 N–H and O–H groups in total. The van der Waals surface area contributed by atoms with Gasteiger partial charge in [0.2, 0.25) is 15.9 Å². The summed E-state index contributed by atoms with van der Waals surface area (Å²) in [5.41, 5.74) is 0.195. The number of amides is 1. The number of alkyl halides is 3. The zero-order valence-electron chi connectivity index (χ0n) is 17.2. The molecule has 0 bridgehead atoms. The number of carbonyl (C=O) groups excluding carboxylic acids is 1. The molecule has 2 aromatic carbocycles. The van der Waals surface area contributed by atoms with Crippen molar-refractivity contribution in [1.82, 2.24) is 9.21 Å². The summed E-state index contributed by atoms with van der Waals surface area (Å²) in [5, 5.41) is 0. The van der Waals surface area contributed by atoms with Crippen LogP contribution in [-0.2, 0) is 21.4 Å². The minimum Gasteiger partial charge on any atom is -0.405 e. The number of rotatable bonds is 6. The third kappa shape index (κ3) is 5.57. The Bertz CT molecular complexity index is 1070. The Morgan fingerprint density at radius 2 is 1.69 bits per heavy atom. The van der Waals surface area contributed by atoms with Crippen molar-refractivity contribution in [3.05, 3.63) is 59.9 Å². The molecule has 0 aliphatic carbocycles. The van der Waals surface area contributed by atoms with Crippen LogP contribution in [0, 0.1) is 11.7 Å². The molecule has 0 spiro atoms. The predicted octanol–water partition coefficient (Wildman–Crippen LogP) is 3.78. The van der Waals surface area contributed by atoms with Crippen LogP contribution in [0.4, 0.5) is 17.6 Å². The molecule has 1 aliphatic heterocycles. The summed E-state index contributed by atoms with van der Waals surface area (Å²) in [5.74, 6) is -2.03. The fourth-order valence-electron chi connectivity index (χ4n) is 3.64. The average Bonchev–Trinajstić information content (AvgIpc) is 2.74. The van der Waals surface area contributed by atoms with E-state index in [0.717, 1.165) is 10.4 Å². The molecule has 0 atom stereocenters. The van der Waals surface area contributed by atoms with Crippen LogP contribution >= 0.6 is 0 Å². The second-order valence-electron chi connectivity index (χ2n) is 7.46. The van der Waals surface area contributed by atoms with E-state index in [4.69, 9.17) is 0 Å². The second kappa shape index (κ2) is 9.45. The molecule has 1 amide bonds. The molecule has 0 saturated carbocycles. The lowest BCUT2D eigenvalue weighted by Gasteiger charge is -2.32. The first-order chi connectivity index (χ1) is 15.0. The van der Waals surface area contributed by atoms with Crippen molar-refractivity contribution in [1.29, 1.82) is 0 Å². The van der Waals surface area contributed by atoms with Crippen molar-refractivity contribution >= 4 is 15.9 Å². The molecule has 32 heavy (non-hydrogen) atoms. The van der Waals surface area contributed by atoms with Gasteiger partial charge in [-0.2, -0.15) is 4.31 Å². The number of carbonyl (C=O) groups is 1. The maximum Gasteiger partial charge on any atom is 0.573 e. The maximum absolute atomic E-state index is 13.9. The zero-order chi connectivity index (χ0) is 23.5. The van der Waals surface area contributed by atoms with E-state index in [0.29, 0.717) is 0 Å². The van der Waals surface area contributed by atoms with E-state index in [-0.39, 0.29) is 49.7 Å². The standard InChI is InChI=1S/C21H22F4N2O4S/c1-26(14-16-6-2-4-8-18(16)31-21(23,24)25)20(28)15-10-12-27(13-11-15)32(29,30)19-9-5-3-7-17(19)22/h2-9,15H,10-14H2,1H3. The third-order valence-electron chi connectivity index (χ3n) is 5.24. The Kier molecular flexibility index (Phi) is 7.09.